The van der Waals surface area contributed by atoms with Crippen LogP contribution >= 0.6 is 0 Å². The van der Waals surface area contributed by atoms with Gasteiger partial charge >= 0.3 is 12.1 Å². The third-order valence-electron chi connectivity index (χ3n) is 3.22. The van der Waals surface area contributed by atoms with Gasteiger partial charge in [-0.25, -0.2) is 0 Å². The standard InChI is InChI=1S/C14H11F3N2O5/c15-14(16,17)13(21,9-4-2-1-3-5-9)8-18-12(20)10-6-7-11(24-10)19(22)23/h1-7,21H,8H2,(H,18,20). The third-order valence-corrected chi connectivity index (χ3v) is 3.22. The number of aliphatic hydroxyl groups is 1. The summed E-state index contributed by atoms with van der Waals surface area (Å²) in [4.78, 5) is 21.3. The van der Waals surface area contributed by atoms with E-state index in [0.717, 1.165) is 24.3 Å². The molecule has 0 fully saturated rings. The van der Waals surface area contributed by atoms with E-state index < -0.39 is 46.4 Å². The molecular formula is C14H11F3N2O5. The molecule has 1 amide bonds. The van der Waals surface area contributed by atoms with E-state index in [-0.39, 0.29) is 0 Å². The number of carbonyl (C=O) groups is 1. The van der Waals surface area contributed by atoms with Gasteiger partial charge in [0.25, 0.3) is 5.91 Å². The predicted octanol–water partition coefficient (Wildman–Crippen LogP) is 2.37. The number of carbonyl (C=O) groups excluding carboxylic acids is 1. The van der Waals surface area contributed by atoms with Crippen molar-refractivity contribution in [2.75, 3.05) is 6.54 Å². The Morgan fingerprint density at radius 1 is 1.21 bits per heavy atom. The Balaban J connectivity index is 2.19. The Kier molecular flexibility index (Phi) is 4.60. The lowest BCUT2D eigenvalue weighted by molar-refractivity contribution is -0.402. The van der Waals surface area contributed by atoms with E-state index in [2.05, 4.69) is 4.42 Å². The molecule has 2 N–H and O–H groups in total. The molecule has 1 unspecified atom stereocenters. The highest BCUT2D eigenvalue weighted by atomic mass is 19.4. The molecule has 0 spiro atoms. The van der Waals surface area contributed by atoms with Gasteiger partial charge in [0, 0.05) is 0 Å². The van der Waals surface area contributed by atoms with Crippen LogP contribution in [0, 0.1) is 10.1 Å². The van der Waals surface area contributed by atoms with Crippen LogP contribution in [0.3, 0.4) is 0 Å². The fourth-order valence-corrected chi connectivity index (χ4v) is 1.92. The maximum atomic E-state index is 13.2. The Labute approximate surface area is 132 Å². The average molecular weight is 344 g/mol. The average Bonchev–Trinajstić information content (AvgIpc) is 3.02. The van der Waals surface area contributed by atoms with Gasteiger partial charge in [-0.1, -0.05) is 30.3 Å². The molecule has 0 radical (unpaired) electrons. The van der Waals surface area contributed by atoms with Gasteiger partial charge in [0.1, 0.15) is 4.92 Å². The molecule has 0 aliphatic rings. The van der Waals surface area contributed by atoms with E-state index in [1.165, 1.54) is 18.2 Å². The van der Waals surface area contributed by atoms with E-state index in [9.17, 15) is 33.2 Å². The van der Waals surface area contributed by atoms with Gasteiger partial charge in [-0.2, -0.15) is 13.2 Å². The lowest BCUT2D eigenvalue weighted by atomic mass is 9.93. The van der Waals surface area contributed by atoms with E-state index in [0.29, 0.717) is 0 Å². The van der Waals surface area contributed by atoms with Crippen molar-refractivity contribution in [1.82, 2.24) is 5.32 Å². The highest BCUT2D eigenvalue weighted by Gasteiger charge is 2.55. The number of alkyl halides is 3. The number of nitro groups is 1. The van der Waals surface area contributed by atoms with Crippen molar-refractivity contribution < 1.29 is 32.4 Å². The molecule has 1 atom stereocenters. The van der Waals surface area contributed by atoms with Crippen molar-refractivity contribution in [1.29, 1.82) is 0 Å². The summed E-state index contributed by atoms with van der Waals surface area (Å²) in [5.41, 5.74) is -3.77. The van der Waals surface area contributed by atoms with Gasteiger partial charge in [-0.15, -0.1) is 0 Å². The van der Waals surface area contributed by atoms with Crippen LogP contribution in [0.1, 0.15) is 16.1 Å². The maximum Gasteiger partial charge on any atom is 0.433 e. The van der Waals surface area contributed by atoms with Crippen LogP contribution in [0.2, 0.25) is 0 Å². The Morgan fingerprint density at radius 3 is 2.33 bits per heavy atom. The van der Waals surface area contributed by atoms with Gasteiger partial charge < -0.3 is 14.8 Å². The van der Waals surface area contributed by atoms with E-state index in [4.69, 9.17) is 0 Å². The van der Waals surface area contributed by atoms with Crippen molar-refractivity contribution in [3.63, 3.8) is 0 Å². The summed E-state index contributed by atoms with van der Waals surface area (Å²) in [5.74, 6) is -2.39. The largest absolute Gasteiger partial charge is 0.433 e. The highest BCUT2D eigenvalue weighted by molar-refractivity contribution is 5.91. The minimum atomic E-state index is -5.06. The fraction of sp³-hybridized carbons (Fsp3) is 0.214. The zero-order valence-electron chi connectivity index (χ0n) is 11.9. The molecule has 24 heavy (non-hydrogen) atoms. The second-order valence-electron chi connectivity index (χ2n) is 4.80. The molecule has 1 aromatic heterocycles. The quantitative estimate of drug-likeness (QED) is 0.640. The number of rotatable bonds is 5. The van der Waals surface area contributed by atoms with Gasteiger partial charge in [-0.05, 0) is 11.6 Å². The van der Waals surface area contributed by atoms with Gasteiger partial charge in [0.2, 0.25) is 5.60 Å². The fourth-order valence-electron chi connectivity index (χ4n) is 1.92. The molecule has 0 aliphatic heterocycles. The van der Waals surface area contributed by atoms with Crippen LogP contribution in [0.15, 0.2) is 46.9 Å². The first-order chi connectivity index (χ1) is 11.1. The number of benzene rings is 1. The summed E-state index contributed by atoms with van der Waals surface area (Å²) in [6, 6.07) is 8.06. The number of furan rings is 1. The minimum Gasteiger partial charge on any atom is -0.395 e. The van der Waals surface area contributed by atoms with Crippen molar-refractivity contribution in [3.8, 4) is 0 Å². The number of hydrogen-bond donors (Lipinski definition) is 2. The molecule has 0 aliphatic carbocycles. The van der Waals surface area contributed by atoms with Crippen molar-refractivity contribution in [3.05, 3.63) is 63.9 Å². The van der Waals surface area contributed by atoms with Crippen molar-refractivity contribution in [2.24, 2.45) is 0 Å². The first-order valence-electron chi connectivity index (χ1n) is 6.52. The number of halogens is 3. The molecule has 1 aromatic carbocycles. The Hall–Kier alpha value is -2.88. The lowest BCUT2D eigenvalue weighted by Gasteiger charge is -2.31. The predicted molar refractivity (Wildman–Crippen MR) is 74.1 cm³/mol. The molecule has 0 saturated carbocycles. The van der Waals surface area contributed by atoms with Crippen LogP contribution in [0.4, 0.5) is 19.1 Å². The molecule has 7 nitrogen and oxygen atoms in total. The number of nitrogens with one attached hydrogen (secondary N) is 1. The smallest absolute Gasteiger partial charge is 0.395 e. The summed E-state index contributed by atoms with van der Waals surface area (Å²) in [7, 11) is 0. The first kappa shape index (κ1) is 17.5. The van der Waals surface area contributed by atoms with Crippen LogP contribution < -0.4 is 5.32 Å². The van der Waals surface area contributed by atoms with Crippen LogP contribution in [-0.2, 0) is 5.60 Å². The molecule has 2 aromatic rings. The van der Waals surface area contributed by atoms with Gasteiger partial charge in [0.15, 0.2) is 5.76 Å². The highest BCUT2D eigenvalue weighted by Crippen LogP contribution is 2.38. The summed E-state index contributed by atoms with van der Waals surface area (Å²) in [6.07, 6.45) is -5.06. The molecule has 1 heterocycles. The molecular weight excluding hydrogens is 333 g/mol. The zero-order chi connectivity index (χ0) is 18.0. The normalized spacial score (nSPS) is 14.0. The maximum absolute atomic E-state index is 13.2. The molecule has 10 heteroatoms. The van der Waals surface area contributed by atoms with Crippen LogP contribution in [0.5, 0.6) is 0 Å². The number of hydrogen-bond acceptors (Lipinski definition) is 5. The molecule has 2 rings (SSSR count). The van der Waals surface area contributed by atoms with Crippen molar-refractivity contribution in [2.45, 2.75) is 11.8 Å². The lowest BCUT2D eigenvalue weighted by Crippen LogP contribution is -2.51. The van der Waals surface area contributed by atoms with Crippen LogP contribution in [0.25, 0.3) is 0 Å². The van der Waals surface area contributed by atoms with E-state index in [1.54, 1.807) is 0 Å². The third kappa shape index (κ3) is 3.38. The zero-order valence-corrected chi connectivity index (χ0v) is 11.9. The monoisotopic (exact) mass is 344 g/mol. The minimum absolute atomic E-state index is 0.455. The summed E-state index contributed by atoms with van der Waals surface area (Å²) in [6.45, 7) is -1.19. The second-order valence-corrected chi connectivity index (χ2v) is 4.80. The van der Waals surface area contributed by atoms with Gasteiger partial charge in [-0.3, -0.25) is 14.9 Å². The molecule has 0 saturated heterocycles. The molecule has 0 bridgehead atoms. The first-order valence-corrected chi connectivity index (χ1v) is 6.52. The van der Waals surface area contributed by atoms with E-state index >= 15 is 0 Å². The SMILES string of the molecule is O=C(NCC(O)(c1ccccc1)C(F)(F)F)c1ccc([N+](=O)[O-])o1. The van der Waals surface area contributed by atoms with Crippen LogP contribution in [-0.4, -0.2) is 28.7 Å². The summed E-state index contributed by atoms with van der Waals surface area (Å²) >= 11 is 0. The molecule has 128 valence electrons. The second kappa shape index (κ2) is 6.32. The Bertz CT molecular complexity index is 744. The Morgan fingerprint density at radius 2 is 1.83 bits per heavy atom. The van der Waals surface area contributed by atoms with E-state index in [1.807, 2.05) is 5.32 Å². The van der Waals surface area contributed by atoms with Crippen molar-refractivity contribution >= 4 is 11.8 Å². The summed E-state index contributed by atoms with van der Waals surface area (Å²) in [5, 5.41) is 22.4. The number of nitrogens with zero attached hydrogens (tertiary/aromatic N) is 1. The van der Waals surface area contributed by atoms with Gasteiger partial charge in [0.05, 0.1) is 12.6 Å². The summed E-state index contributed by atoms with van der Waals surface area (Å²) < 4.78 is 44.3. The topological polar surface area (TPSA) is 106 Å². The number of amides is 1.